The number of halogens is 1. The van der Waals surface area contributed by atoms with E-state index >= 15 is 0 Å². The van der Waals surface area contributed by atoms with Gasteiger partial charge in [0, 0.05) is 37.4 Å². The van der Waals surface area contributed by atoms with Crippen molar-refractivity contribution < 1.29 is 9.50 Å². The lowest BCUT2D eigenvalue weighted by molar-refractivity contribution is 0.0559. The van der Waals surface area contributed by atoms with Crippen molar-refractivity contribution in [2.45, 2.75) is 56.7 Å². The Bertz CT molecular complexity index is 496. The SMILES string of the molecule is CN(CC1(O)CCCC1)c1cccc(F)c1CNC1CC1. The minimum absolute atomic E-state index is 0.161. The van der Waals surface area contributed by atoms with Gasteiger partial charge in [-0.3, -0.25) is 0 Å². The molecule has 0 aromatic heterocycles. The van der Waals surface area contributed by atoms with Crippen LogP contribution in [0.3, 0.4) is 0 Å². The van der Waals surface area contributed by atoms with Crippen molar-refractivity contribution in [3.05, 3.63) is 29.6 Å². The zero-order chi connectivity index (χ0) is 14.9. The average molecular weight is 292 g/mol. The van der Waals surface area contributed by atoms with Crippen LogP contribution in [-0.4, -0.2) is 30.3 Å². The van der Waals surface area contributed by atoms with Crippen molar-refractivity contribution in [3.63, 3.8) is 0 Å². The van der Waals surface area contributed by atoms with Crippen molar-refractivity contribution in [2.75, 3.05) is 18.5 Å². The van der Waals surface area contributed by atoms with E-state index in [1.54, 1.807) is 6.07 Å². The van der Waals surface area contributed by atoms with Crippen molar-refractivity contribution >= 4 is 5.69 Å². The number of hydrogen-bond donors (Lipinski definition) is 2. The van der Waals surface area contributed by atoms with Gasteiger partial charge in [0.25, 0.3) is 0 Å². The maximum Gasteiger partial charge on any atom is 0.129 e. The molecule has 3 rings (SSSR count). The van der Waals surface area contributed by atoms with Crippen LogP contribution in [0.15, 0.2) is 18.2 Å². The van der Waals surface area contributed by atoms with Crippen LogP contribution >= 0.6 is 0 Å². The predicted octanol–water partition coefficient (Wildman–Crippen LogP) is 2.82. The summed E-state index contributed by atoms with van der Waals surface area (Å²) < 4.78 is 14.2. The lowest BCUT2D eigenvalue weighted by atomic mass is 10.0. The zero-order valence-corrected chi connectivity index (χ0v) is 12.7. The first-order chi connectivity index (χ1) is 10.1. The van der Waals surface area contributed by atoms with Crippen LogP contribution in [0.5, 0.6) is 0 Å². The summed E-state index contributed by atoms with van der Waals surface area (Å²) in [5.74, 6) is -0.161. The molecule has 0 saturated heterocycles. The molecule has 0 spiro atoms. The monoisotopic (exact) mass is 292 g/mol. The van der Waals surface area contributed by atoms with Crippen LogP contribution in [0.4, 0.5) is 10.1 Å². The van der Waals surface area contributed by atoms with Crippen LogP contribution in [0, 0.1) is 5.82 Å². The Balaban J connectivity index is 1.74. The van der Waals surface area contributed by atoms with Crippen LogP contribution < -0.4 is 10.2 Å². The van der Waals surface area contributed by atoms with Gasteiger partial charge in [-0.05, 0) is 37.8 Å². The van der Waals surface area contributed by atoms with Crippen LogP contribution in [0.25, 0.3) is 0 Å². The van der Waals surface area contributed by atoms with E-state index in [0.717, 1.165) is 31.4 Å². The third kappa shape index (κ3) is 3.55. The second kappa shape index (κ2) is 5.93. The third-order valence-electron chi connectivity index (χ3n) is 4.72. The molecular formula is C17H25FN2O. The van der Waals surface area contributed by atoms with E-state index < -0.39 is 5.60 Å². The van der Waals surface area contributed by atoms with Crippen LogP contribution in [-0.2, 0) is 6.54 Å². The van der Waals surface area contributed by atoms with E-state index in [-0.39, 0.29) is 5.82 Å². The van der Waals surface area contributed by atoms with Gasteiger partial charge in [-0.15, -0.1) is 0 Å². The molecule has 3 nitrogen and oxygen atoms in total. The molecule has 0 heterocycles. The van der Waals surface area contributed by atoms with E-state index in [0.29, 0.717) is 24.7 Å². The molecule has 0 amide bonds. The molecule has 2 fully saturated rings. The highest BCUT2D eigenvalue weighted by Crippen LogP contribution is 2.32. The minimum Gasteiger partial charge on any atom is -0.388 e. The highest BCUT2D eigenvalue weighted by atomic mass is 19.1. The molecule has 0 bridgehead atoms. The molecule has 21 heavy (non-hydrogen) atoms. The van der Waals surface area contributed by atoms with Crippen LogP contribution in [0.2, 0.25) is 0 Å². The van der Waals surface area contributed by atoms with Gasteiger partial charge >= 0.3 is 0 Å². The zero-order valence-electron chi connectivity index (χ0n) is 12.7. The Kier molecular flexibility index (Phi) is 4.18. The van der Waals surface area contributed by atoms with E-state index in [2.05, 4.69) is 5.32 Å². The Morgan fingerprint density at radius 2 is 2.05 bits per heavy atom. The Labute approximate surface area is 126 Å². The van der Waals surface area contributed by atoms with Gasteiger partial charge < -0.3 is 15.3 Å². The maximum atomic E-state index is 14.2. The summed E-state index contributed by atoms with van der Waals surface area (Å²) in [6.45, 7) is 1.14. The highest BCUT2D eigenvalue weighted by molar-refractivity contribution is 5.54. The Morgan fingerprint density at radius 3 is 2.71 bits per heavy atom. The number of likely N-dealkylation sites (N-methyl/N-ethyl adjacent to an activating group) is 1. The number of nitrogens with zero attached hydrogens (tertiary/aromatic N) is 1. The van der Waals surface area contributed by atoms with Gasteiger partial charge in [-0.25, -0.2) is 4.39 Å². The summed E-state index contributed by atoms with van der Waals surface area (Å²) in [5, 5.41) is 13.9. The topological polar surface area (TPSA) is 35.5 Å². The molecule has 2 aliphatic rings. The second-order valence-corrected chi connectivity index (χ2v) is 6.68. The number of hydrogen-bond acceptors (Lipinski definition) is 3. The first kappa shape index (κ1) is 14.8. The van der Waals surface area contributed by atoms with Crippen LogP contribution in [0.1, 0.15) is 44.1 Å². The first-order valence-electron chi connectivity index (χ1n) is 8.02. The normalized spacial score (nSPS) is 20.7. The standard InChI is InChI=1S/C17H25FN2O/c1-20(12-17(21)9-2-3-10-17)16-6-4-5-15(18)14(16)11-19-13-7-8-13/h4-6,13,19,21H,2-3,7-12H2,1H3. The van der Waals surface area contributed by atoms with Gasteiger partial charge in [0.15, 0.2) is 0 Å². The fourth-order valence-corrected chi connectivity index (χ4v) is 3.33. The molecule has 2 N–H and O–H groups in total. The molecule has 0 aliphatic heterocycles. The summed E-state index contributed by atoms with van der Waals surface area (Å²) in [5.41, 5.74) is 0.999. The summed E-state index contributed by atoms with van der Waals surface area (Å²) in [7, 11) is 1.95. The fraction of sp³-hybridized carbons (Fsp3) is 0.647. The van der Waals surface area contributed by atoms with Gasteiger partial charge in [0.05, 0.1) is 5.60 Å². The van der Waals surface area contributed by atoms with E-state index in [1.165, 1.54) is 18.9 Å². The summed E-state index contributed by atoms with van der Waals surface area (Å²) in [4.78, 5) is 2.01. The molecule has 4 heteroatoms. The molecule has 0 atom stereocenters. The summed E-state index contributed by atoms with van der Waals surface area (Å²) in [6.07, 6.45) is 6.26. The van der Waals surface area contributed by atoms with Crippen molar-refractivity contribution in [1.29, 1.82) is 0 Å². The summed E-state index contributed by atoms with van der Waals surface area (Å²) >= 11 is 0. The Morgan fingerprint density at radius 1 is 1.33 bits per heavy atom. The largest absolute Gasteiger partial charge is 0.388 e. The smallest absolute Gasteiger partial charge is 0.129 e. The Hall–Kier alpha value is -1.13. The third-order valence-corrected chi connectivity index (χ3v) is 4.72. The molecule has 0 unspecified atom stereocenters. The molecule has 1 aromatic carbocycles. The number of benzene rings is 1. The molecular weight excluding hydrogens is 267 g/mol. The maximum absolute atomic E-state index is 14.2. The molecule has 2 saturated carbocycles. The van der Waals surface area contributed by atoms with Gasteiger partial charge in [0.1, 0.15) is 5.82 Å². The highest BCUT2D eigenvalue weighted by Gasteiger charge is 2.33. The van der Waals surface area contributed by atoms with E-state index in [9.17, 15) is 9.50 Å². The average Bonchev–Trinajstić information content (AvgIpc) is 3.18. The molecule has 116 valence electrons. The number of anilines is 1. The lowest BCUT2D eigenvalue weighted by Crippen LogP contribution is -2.39. The van der Waals surface area contributed by atoms with E-state index in [4.69, 9.17) is 0 Å². The number of rotatable bonds is 6. The number of nitrogens with one attached hydrogen (secondary N) is 1. The number of aliphatic hydroxyl groups is 1. The van der Waals surface area contributed by atoms with Crippen molar-refractivity contribution in [1.82, 2.24) is 5.32 Å². The first-order valence-corrected chi connectivity index (χ1v) is 8.02. The van der Waals surface area contributed by atoms with Crippen molar-refractivity contribution in [2.24, 2.45) is 0 Å². The molecule has 0 radical (unpaired) electrons. The lowest BCUT2D eigenvalue weighted by Gasteiger charge is -2.31. The summed E-state index contributed by atoms with van der Waals surface area (Å²) in [6, 6.07) is 5.78. The molecule has 2 aliphatic carbocycles. The van der Waals surface area contributed by atoms with Gasteiger partial charge in [0.2, 0.25) is 0 Å². The van der Waals surface area contributed by atoms with Crippen molar-refractivity contribution in [3.8, 4) is 0 Å². The van der Waals surface area contributed by atoms with Gasteiger partial charge in [-0.1, -0.05) is 18.9 Å². The van der Waals surface area contributed by atoms with E-state index in [1.807, 2.05) is 18.0 Å². The predicted molar refractivity (Wildman–Crippen MR) is 82.9 cm³/mol. The fourth-order valence-electron chi connectivity index (χ4n) is 3.33. The second-order valence-electron chi connectivity index (χ2n) is 6.68. The van der Waals surface area contributed by atoms with Gasteiger partial charge in [-0.2, -0.15) is 0 Å². The quantitative estimate of drug-likeness (QED) is 0.846. The molecule has 1 aromatic rings. The minimum atomic E-state index is -0.609.